The number of rotatable bonds is 9. The number of nitrogens with zero attached hydrogens (tertiary/aromatic N) is 1. The van der Waals surface area contributed by atoms with E-state index in [1.165, 1.54) is 11.8 Å². The number of esters is 1. The Balaban J connectivity index is 2.25. The molecule has 5 N–H and O–H groups in total. The molecule has 1 heterocycles. The molecule has 0 aliphatic carbocycles. The molecule has 2 rings (SSSR count). The van der Waals surface area contributed by atoms with Crippen molar-refractivity contribution in [2.45, 2.75) is 52.2 Å². The van der Waals surface area contributed by atoms with E-state index in [1.54, 1.807) is 20.8 Å². The van der Waals surface area contributed by atoms with Gasteiger partial charge < -0.3 is 30.6 Å². The number of nitrogens with one attached hydrogen (secondary N) is 1. The number of hydrogen-bond donors (Lipinski definition) is 3. The topological polar surface area (TPSA) is 197 Å². The molecule has 13 nitrogen and oxygen atoms in total. The van der Waals surface area contributed by atoms with Crippen LogP contribution in [0, 0.1) is 0 Å². The average molecular weight is 529 g/mol. The Morgan fingerprint density at radius 3 is 2.03 bits per heavy atom. The summed E-state index contributed by atoms with van der Waals surface area (Å²) >= 11 is 0. The van der Waals surface area contributed by atoms with Crippen molar-refractivity contribution in [2.24, 2.45) is 11.5 Å². The Morgan fingerprint density at radius 2 is 1.58 bits per heavy atom. The fraction of sp³-hybridized carbons (Fsp3) is 0.545. The highest BCUT2D eigenvalue weighted by molar-refractivity contribution is 7.93. The lowest BCUT2D eigenvalue weighted by atomic mass is 10.0. The lowest BCUT2D eigenvalue weighted by Crippen LogP contribution is -2.44. The number of sulfonamides is 1. The van der Waals surface area contributed by atoms with Crippen molar-refractivity contribution in [3.05, 3.63) is 23.3 Å². The zero-order valence-electron chi connectivity index (χ0n) is 20.7. The van der Waals surface area contributed by atoms with Crippen molar-refractivity contribution in [3.8, 4) is 5.75 Å². The number of benzene rings is 1. The van der Waals surface area contributed by atoms with Crippen LogP contribution in [0.1, 0.15) is 61.3 Å². The lowest BCUT2D eigenvalue weighted by Gasteiger charge is -2.34. The number of hydrogen-bond acceptors (Lipinski definition) is 9. The normalized spacial score (nSPS) is 14.6. The molecule has 0 radical (unpaired) electrons. The van der Waals surface area contributed by atoms with Gasteiger partial charge in [-0.15, -0.1) is 0 Å². The molecule has 1 aromatic carbocycles. The largest absolute Gasteiger partial charge is 0.489 e. The van der Waals surface area contributed by atoms with E-state index in [9.17, 15) is 27.6 Å². The first kappa shape index (κ1) is 28.7. The minimum absolute atomic E-state index is 0.00522. The van der Waals surface area contributed by atoms with Gasteiger partial charge in [0.25, 0.3) is 11.8 Å². The van der Waals surface area contributed by atoms with E-state index in [0.717, 1.165) is 12.1 Å². The van der Waals surface area contributed by atoms with Crippen LogP contribution in [0.25, 0.3) is 0 Å². The second kappa shape index (κ2) is 11.5. The number of likely N-dealkylation sites (tertiary alicyclic amines) is 1. The predicted octanol–water partition coefficient (Wildman–Crippen LogP) is 0.968. The van der Waals surface area contributed by atoms with Crippen molar-refractivity contribution < 1.29 is 41.8 Å². The van der Waals surface area contributed by atoms with Gasteiger partial charge in [-0.3, -0.25) is 19.1 Å². The van der Waals surface area contributed by atoms with Gasteiger partial charge in [0.15, 0.2) is 5.75 Å². The van der Waals surface area contributed by atoms with Crippen LogP contribution >= 0.6 is 0 Å². The second-order valence-corrected chi connectivity index (χ2v) is 10.8. The zero-order valence-corrected chi connectivity index (χ0v) is 21.5. The van der Waals surface area contributed by atoms with Crippen molar-refractivity contribution >= 4 is 39.6 Å². The van der Waals surface area contributed by atoms with Gasteiger partial charge in [-0.25, -0.2) is 13.2 Å². The molecule has 0 unspecified atom stereocenters. The number of amides is 3. The van der Waals surface area contributed by atoms with Crippen molar-refractivity contribution in [1.29, 1.82) is 0 Å². The number of anilines is 1. The van der Waals surface area contributed by atoms with Crippen molar-refractivity contribution in [3.63, 3.8) is 0 Å². The maximum atomic E-state index is 12.3. The minimum Gasteiger partial charge on any atom is -0.489 e. The van der Waals surface area contributed by atoms with Crippen LogP contribution < -0.4 is 20.9 Å². The number of nitrogens with two attached hydrogens (primary N) is 2. The molecule has 3 amide bonds. The SMILES string of the molecule is CCOC(=O)CS(=O)(=O)Nc1cc(C(N)=O)c(OC2CCN(C(=O)OC(C)(C)C)CC2)c(C(N)=O)c1. The fourth-order valence-corrected chi connectivity index (χ4v) is 4.35. The molecule has 36 heavy (non-hydrogen) atoms. The summed E-state index contributed by atoms with van der Waals surface area (Å²) in [5, 5.41) is 0. The molecule has 1 aliphatic heterocycles. The average Bonchev–Trinajstić information content (AvgIpc) is 2.72. The van der Waals surface area contributed by atoms with Crippen LogP contribution in [0.5, 0.6) is 5.75 Å². The van der Waals surface area contributed by atoms with Crippen LogP contribution in [0.2, 0.25) is 0 Å². The summed E-state index contributed by atoms with van der Waals surface area (Å²) in [7, 11) is -4.23. The second-order valence-electron chi connectivity index (χ2n) is 9.08. The van der Waals surface area contributed by atoms with E-state index in [2.05, 4.69) is 9.46 Å². The number of ether oxygens (including phenoxy) is 3. The number of primary amides is 2. The summed E-state index contributed by atoms with van der Waals surface area (Å²) in [6.45, 7) is 7.42. The lowest BCUT2D eigenvalue weighted by molar-refractivity contribution is -0.139. The monoisotopic (exact) mass is 528 g/mol. The van der Waals surface area contributed by atoms with Crippen LogP contribution in [0.4, 0.5) is 10.5 Å². The van der Waals surface area contributed by atoms with E-state index in [4.69, 9.17) is 20.9 Å². The third-order valence-electron chi connectivity index (χ3n) is 4.88. The molecule has 0 saturated carbocycles. The maximum Gasteiger partial charge on any atom is 0.410 e. The Labute approximate surface area is 209 Å². The van der Waals surface area contributed by atoms with Crippen LogP contribution in [0.15, 0.2) is 12.1 Å². The molecule has 1 aromatic rings. The first-order valence-electron chi connectivity index (χ1n) is 11.2. The van der Waals surface area contributed by atoms with E-state index in [1.807, 2.05) is 0 Å². The standard InChI is InChI=1S/C22H32N4O9S/c1-5-33-17(27)12-36(31,32)25-13-10-15(19(23)28)18(16(11-13)20(24)29)34-14-6-8-26(9-7-14)21(30)35-22(2,3)4/h10-11,14,25H,5-9,12H2,1-4H3,(H2,23,28)(H2,24,29). The zero-order chi connectivity index (χ0) is 27.3. The molecule has 1 aliphatic rings. The van der Waals surface area contributed by atoms with Gasteiger partial charge in [-0.2, -0.15) is 0 Å². The van der Waals surface area contributed by atoms with Gasteiger partial charge >= 0.3 is 12.1 Å². The van der Waals surface area contributed by atoms with Crippen LogP contribution in [-0.4, -0.2) is 74.3 Å². The molecular formula is C22H32N4O9S. The van der Waals surface area contributed by atoms with Crippen molar-refractivity contribution in [2.75, 3.05) is 30.2 Å². The third kappa shape index (κ3) is 8.29. The highest BCUT2D eigenvalue weighted by Gasteiger charge is 2.30. The Hall–Kier alpha value is -3.55. The molecule has 200 valence electrons. The molecule has 1 fully saturated rings. The van der Waals surface area contributed by atoms with Gasteiger partial charge in [0.2, 0.25) is 10.0 Å². The quantitative estimate of drug-likeness (QED) is 0.391. The summed E-state index contributed by atoms with van der Waals surface area (Å²) in [4.78, 5) is 49.7. The molecule has 0 spiro atoms. The highest BCUT2D eigenvalue weighted by Crippen LogP contribution is 2.31. The number of piperidine rings is 1. The van der Waals surface area contributed by atoms with Crippen molar-refractivity contribution in [1.82, 2.24) is 4.90 Å². The number of carbonyl (C=O) groups excluding carboxylic acids is 4. The van der Waals surface area contributed by atoms with Gasteiger partial charge in [0.05, 0.1) is 23.4 Å². The summed E-state index contributed by atoms with van der Waals surface area (Å²) in [5.41, 5.74) is 9.52. The Bertz CT molecular complexity index is 1090. The summed E-state index contributed by atoms with van der Waals surface area (Å²) < 4.78 is 42.6. The van der Waals surface area contributed by atoms with Gasteiger partial charge in [-0.1, -0.05) is 0 Å². The molecule has 14 heteroatoms. The molecular weight excluding hydrogens is 496 g/mol. The fourth-order valence-electron chi connectivity index (χ4n) is 3.40. The van der Waals surface area contributed by atoms with Crippen LogP contribution in [0.3, 0.4) is 0 Å². The Morgan fingerprint density at radius 1 is 1.06 bits per heavy atom. The minimum atomic E-state index is -4.23. The highest BCUT2D eigenvalue weighted by atomic mass is 32.2. The smallest absolute Gasteiger partial charge is 0.410 e. The van der Waals surface area contributed by atoms with E-state index >= 15 is 0 Å². The number of carbonyl (C=O) groups is 4. The Kier molecular flexibility index (Phi) is 9.13. The first-order chi connectivity index (χ1) is 16.6. The summed E-state index contributed by atoms with van der Waals surface area (Å²) in [6, 6.07) is 2.17. The van der Waals surface area contributed by atoms with Gasteiger partial charge in [0, 0.05) is 25.9 Å². The van der Waals surface area contributed by atoms with E-state index in [0.29, 0.717) is 25.9 Å². The molecule has 0 atom stereocenters. The van der Waals surface area contributed by atoms with E-state index < -0.39 is 51.4 Å². The van der Waals surface area contributed by atoms with Gasteiger partial charge in [0.1, 0.15) is 17.5 Å². The third-order valence-corrected chi connectivity index (χ3v) is 6.05. The molecule has 1 saturated heterocycles. The first-order valence-corrected chi connectivity index (χ1v) is 12.9. The van der Waals surface area contributed by atoms with E-state index in [-0.39, 0.29) is 29.2 Å². The molecule has 0 aromatic heterocycles. The van der Waals surface area contributed by atoms with Gasteiger partial charge in [-0.05, 0) is 39.8 Å². The predicted molar refractivity (Wildman–Crippen MR) is 129 cm³/mol. The summed E-state index contributed by atoms with van der Waals surface area (Å²) in [6.07, 6.45) is -0.227. The molecule has 0 bridgehead atoms. The maximum absolute atomic E-state index is 12.3. The summed E-state index contributed by atoms with van der Waals surface area (Å²) in [5.74, 6) is -4.14. The van der Waals surface area contributed by atoms with Crippen LogP contribution in [-0.2, 0) is 24.3 Å².